The summed E-state index contributed by atoms with van der Waals surface area (Å²) in [5, 5.41) is 12.5. The van der Waals surface area contributed by atoms with Gasteiger partial charge in [0.15, 0.2) is 0 Å². The van der Waals surface area contributed by atoms with Gasteiger partial charge >= 0.3 is 0 Å². The molecule has 0 saturated carbocycles. The molecular weight excluding hydrogens is 192 g/mol. The molecule has 0 fully saturated rings. The number of hydrogen-bond acceptors (Lipinski definition) is 3. The first-order valence-corrected chi connectivity index (χ1v) is 4.77. The van der Waals surface area contributed by atoms with Crippen LogP contribution in [0.4, 0.5) is 8.78 Å². The molecule has 0 saturated heterocycles. The maximum absolute atomic E-state index is 11.6. The van der Waals surface area contributed by atoms with Crippen LogP contribution in [0.3, 0.4) is 0 Å². The molecule has 1 atom stereocenters. The summed E-state index contributed by atoms with van der Waals surface area (Å²) in [6, 6.07) is 0. The maximum Gasteiger partial charge on any atom is 0.261 e. The van der Waals surface area contributed by atoms with E-state index in [4.69, 9.17) is 0 Å². The smallest absolute Gasteiger partial charge is 0.261 e. The predicted molar refractivity (Wildman–Crippen MR) is 50.6 cm³/mol. The van der Waals surface area contributed by atoms with E-state index in [0.29, 0.717) is 19.5 Å². The van der Waals surface area contributed by atoms with Crippen molar-refractivity contribution in [3.05, 3.63) is 0 Å². The van der Waals surface area contributed by atoms with Gasteiger partial charge in [-0.05, 0) is 13.3 Å². The molecular formula is C9H19F2NO2. The third-order valence-corrected chi connectivity index (χ3v) is 1.93. The highest BCUT2D eigenvalue weighted by Gasteiger charge is 2.15. The van der Waals surface area contributed by atoms with E-state index in [-0.39, 0.29) is 6.61 Å². The van der Waals surface area contributed by atoms with Crippen molar-refractivity contribution in [1.29, 1.82) is 0 Å². The van der Waals surface area contributed by atoms with Crippen molar-refractivity contribution >= 4 is 0 Å². The lowest BCUT2D eigenvalue weighted by Gasteiger charge is -2.21. The van der Waals surface area contributed by atoms with Crippen molar-refractivity contribution in [3.63, 3.8) is 0 Å². The molecule has 0 bridgehead atoms. The number of aliphatic hydroxyl groups is 1. The average Bonchev–Trinajstić information content (AvgIpc) is 2.10. The van der Waals surface area contributed by atoms with Gasteiger partial charge < -0.3 is 15.2 Å². The Balaban J connectivity index is 3.21. The quantitative estimate of drug-likeness (QED) is 0.589. The lowest BCUT2D eigenvalue weighted by molar-refractivity contribution is 0.0150. The number of halogens is 2. The van der Waals surface area contributed by atoms with E-state index in [1.165, 1.54) is 0 Å². The van der Waals surface area contributed by atoms with Crippen LogP contribution in [0.1, 0.15) is 20.3 Å². The largest absolute Gasteiger partial charge is 0.389 e. The number of rotatable bonds is 8. The molecule has 86 valence electrons. The topological polar surface area (TPSA) is 41.5 Å². The van der Waals surface area contributed by atoms with Crippen molar-refractivity contribution < 1.29 is 18.6 Å². The van der Waals surface area contributed by atoms with Gasteiger partial charge in [0.1, 0.15) is 6.61 Å². The van der Waals surface area contributed by atoms with E-state index in [2.05, 4.69) is 10.1 Å². The summed E-state index contributed by atoms with van der Waals surface area (Å²) in [6.07, 6.45) is -1.76. The van der Waals surface area contributed by atoms with Crippen molar-refractivity contribution in [2.24, 2.45) is 0 Å². The van der Waals surface area contributed by atoms with Gasteiger partial charge in [0.05, 0.1) is 12.2 Å². The molecule has 5 heteroatoms. The molecule has 14 heavy (non-hydrogen) atoms. The second kappa shape index (κ2) is 7.09. The Morgan fingerprint density at radius 1 is 1.50 bits per heavy atom. The SMILES string of the molecule is CCC(C)(O)CNCCOCC(F)F. The number of hydrogen-bond donors (Lipinski definition) is 2. The maximum atomic E-state index is 11.6. The Bertz CT molecular complexity index is 143. The molecule has 0 heterocycles. The Kier molecular flexibility index (Phi) is 6.96. The molecule has 0 radical (unpaired) electrons. The Morgan fingerprint density at radius 3 is 2.64 bits per heavy atom. The van der Waals surface area contributed by atoms with E-state index >= 15 is 0 Å². The minimum Gasteiger partial charge on any atom is -0.389 e. The summed E-state index contributed by atoms with van der Waals surface area (Å²) in [6.45, 7) is 4.25. The summed E-state index contributed by atoms with van der Waals surface area (Å²) >= 11 is 0. The van der Waals surface area contributed by atoms with Crippen molar-refractivity contribution in [3.8, 4) is 0 Å². The monoisotopic (exact) mass is 211 g/mol. The molecule has 0 aliphatic heterocycles. The fourth-order valence-electron chi connectivity index (χ4n) is 0.799. The molecule has 0 aliphatic carbocycles. The minimum absolute atomic E-state index is 0.240. The zero-order valence-electron chi connectivity index (χ0n) is 8.72. The summed E-state index contributed by atoms with van der Waals surface area (Å²) in [7, 11) is 0. The highest BCUT2D eigenvalue weighted by Crippen LogP contribution is 2.05. The third kappa shape index (κ3) is 8.34. The molecule has 0 aromatic carbocycles. The summed E-state index contributed by atoms with van der Waals surface area (Å²) in [5.41, 5.74) is -0.733. The molecule has 0 amide bonds. The Hall–Kier alpha value is -0.260. The fourth-order valence-corrected chi connectivity index (χ4v) is 0.799. The van der Waals surface area contributed by atoms with Crippen LogP contribution < -0.4 is 5.32 Å². The van der Waals surface area contributed by atoms with Crippen molar-refractivity contribution in [2.75, 3.05) is 26.3 Å². The van der Waals surface area contributed by atoms with Gasteiger partial charge in [-0.3, -0.25) is 0 Å². The van der Waals surface area contributed by atoms with Crippen LogP contribution in [-0.4, -0.2) is 43.4 Å². The van der Waals surface area contributed by atoms with Crippen LogP contribution in [0.2, 0.25) is 0 Å². The van der Waals surface area contributed by atoms with Gasteiger partial charge in [-0.2, -0.15) is 0 Å². The first-order valence-electron chi connectivity index (χ1n) is 4.77. The lowest BCUT2D eigenvalue weighted by atomic mass is 10.0. The molecule has 2 N–H and O–H groups in total. The van der Waals surface area contributed by atoms with Gasteiger partial charge in [-0.1, -0.05) is 6.92 Å². The Labute approximate surface area is 83.4 Å². The first kappa shape index (κ1) is 13.7. The summed E-state index contributed by atoms with van der Waals surface area (Å²) in [4.78, 5) is 0. The highest BCUT2D eigenvalue weighted by molar-refractivity contribution is 4.72. The average molecular weight is 211 g/mol. The fraction of sp³-hybridized carbons (Fsp3) is 1.00. The van der Waals surface area contributed by atoms with E-state index in [9.17, 15) is 13.9 Å². The minimum atomic E-state index is -2.41. The molecule has 0 aromatic rings. The molecule has 3 nitrogen and oxygen atoms in total. The first-order chi connectivity index (χ1) is 6.48. The van der Waals surface area contributed by atoms with Gasteiger partial charge in [0.25, 0.3) is 6.43 Å². The standard InChI is InChI=1S/C9H19F2NO2/c1-3-9(2,13)7-12-4-5-14-6-8(10)11/h8,12-13H,3-7H2,1-2H3. The van der Waals surface area contributed by atoms with Crippen LogP contribution in [0, 0.1) is 0 Å². The lowest BCUT2D eigenvalue weighted by Crippen LogP contribution is -2.38. The van der Waals surface area contributed by atoms with Crippen LogP contribution in [0.25, 0.3) is 0 Å². The van der Waals surface area contributed by atoms with Gasteiger partial charge in [-0.15, -0.1) is 0 Å². The normalized spacial score (nSPS) is 15.9. The molecule has 0 aliphatic rings. The second-order valence-corrected chi connectivity index (χ2v) is 3.49. The second-order valence-electron chi connectivity index (χ2n) is 3.49. The van der Waals surface area contributed by atoms with Gasteiger partial charge in [0.2, 0.25) is 0 Å². The van der Waals surface area contributed by atoms with Crippen molar-refractivity contribution in [2.45, 2.75) is 32.3 Å². The van der Waals surface area contributed by atoms with Gasteiger partial charge in [-0.25, -0.2) is 8.78 Å². The van der Waals surface area contributed by atoms with Crippen LogP contribution in [-0.2, 0) is 4.74 Å². The van der Waals surface area contributed by atoms with E-state index < -0.39 is 18.6 Å². The predicted octanol–water partition coefficient (Wildman–Crippen LogP) is 1.02. The van der Waals surface area contributed by atoms with Crippen LogP contribution >= 0.6 is 0 Å². The zero-order valence-corrected chi connectivity index (χ0v) is 8.72. The number of alkyl halides is 2. The third-order valence-electron chi connectivity index (χ3n) is 1.93. The van der Waals surface area contributed by atoms with Crippen molar-refractivity contribution in [1.82, 2.24) is 5.32 Å². The highest BCUT2D eigenvalue weighted by atomic mass is 19.3. The van der Waals surface area contributed by atoms with Gasteiger partial charge in [0, 0.05) is 13.1 Å². The zero-order chi connectivity index (χ0) is 11.0. The number of nitrogens with one attached hydrogen (secondary N) is 1. The van der Waals surface area contributed by atoms with Crippen LogP contribution in [0.5, 0.6) is 0 Å². The molecule has 0 spiro atoms. The molecule has 0 aromatic heterocycles. The van der Waals surface area contributed by atoms with Crippen LogP contribution in [0.15, 0.2) is 0 Å². The summed E-state index contributed by atoms with van der Waals surface area (Å²) in [5.74, 6) is 0. The molecule has 0 rings (SSSR count). The molecule has 1 unspecified atom stereocenters. The summed E-state index contributed by atoms with van der Waals surface area (Å²) < 4.78 is 27.9. The van der Waals surface area contributed by atoms with E-state index in [0.717, 1.165) is 0 Å². The van der Waals surface area contributed by atoms with E-state index in [1.54, 1.807) is 6.92 Å². The Morgan fingerprint density at radius 2 is 2.14 bits per heavy atom. The van der Waals surface area contributed by atoms with E-state index in [1.807, 2.05) is 6.92 Å². The number of ether oxygens (including phenoxy) is 1.